The first kappa shape index (κ1) is 11.7. The Morgan fingerprint density at radius 1 is 1.44 bits per heavy atom. The number of nitrogens with two attached hydrogens (primary N) is 1. The Balaban J connectivity index is 1.72. The zero-order chi connectivity index (χ0) is 11.2. The van der Waals surface area contributed by atoms with Crippen LogP contribution in [0.1, 0.15) is 44.1 Å². The van der Waals surface area contributed by atoms with E-state index >= 15 is 0 Å². The van der Waals surface area contributed by atoms with Gasteiger partial charge in [-0.3, -0.25) is 11.3 Å². The lowest BCUT2D eigenvalue weighted by Gasteiger charge is -2.17. The van der Waals surface area contributed by atoms with Crippen LogP contribution in [0.5, 0.6) is 0 Å². The Bertz CT molecular complexity index is 278. The van der Waals surface area contributed by atoms with Crippen LogP contribution >= 0.6 is 0 Å². The van der Waals surface area contributed by atoms with E-state index in [1.165, 1.54) is 44.1 Å². The van der Waals surface area contributed by atoms with E-state index in [1.807, 2.05) is 6.07 Å². The summed E-state index contributed by atoms with van der Waals surface area (Å²) in [6.07, 6.45) is 12.7. The Morgan fingerprint density at radius 2 is 2.25 bits per heavy atom. The first-order chi connectivity index (χ1) is 7.88. The van der Waals surface area contributed by atoms with Crippen LogP contribution in [0.15, 0.2) is 23.0 Å². The van der Waals surface area contributed by atoms with Crippen LogP contribution in [0.2, 0.25) is 0 Å². The molecule has 0 saturated heterocycles. The number of furan rings is 1. The van der Waals surface area contributed by atoms with Crippen molar-refractivity contribution in [3.63, 3.8) is 0 Å². The van der Waals surface area contributed by atoms with Crippen molar-refractivity contribution >= 4 is 0 Å². The Labute approximate surface area is 97.4 Å². The zero-order valence-corrected chi connectivity index (χ0v) is 9.82. The molecule has 0 spiro atoms. The van der Waals surface area contributed by atoms with Crippen molar-refractivity contribution in [2.45, 2.75) is 51.0 Å². The lowest BCUT2D eigenvalue weighted by molar-refractivity contribution is 0.406. The molecule has 1 saturated carbocycles. The minimum absolute atomic E-state index is 0.387. The van der Waals surface area contributed by atoms with Crippen LogP contribution in [0.4, 0.5) is 0 Å². The predicted molar refractivity (Wildman–Crippen MR) is 64.7 cm³/mol. The molecule has 3 heteroatoms. The molecular formula is C13H22N2O. The lowest BCUT2D eigenvalue weighted by Crippen LogP contribution is -2.36. The summed E-state index contributed by atoms with van der Waals surface area (Å²) in [4.78, 5) is 0. The van der Waals surface area contributed by atoms with Gasteiger partial charge in [0.15, 0.2) is 0 Å². The maximum atomic E-state index is 5.59. The van der Waals surface area contributed by atoms with Crippen molar-refractivity contribution < 1.29 is 4.42 Å². The fraction of sp³-hybridized carbons (Fsp3) is 0.692. The van der Waals surface area contributed by atoms with E-state index in [-0.39, 0.29) is 0 Å². The molecule has 0 amide bonds. The molecule has 1 aromatic heterocycles. The van der Waals surface area contributed by atoms with Crippen molar-refractivity contribution in [2.24, 2.45) is 11.8 Å². The average Bonchev–Trinajstić information content (AvgIpc) is 2.97. The van der Waals surface area contributed by atoms with Gasteiger partial charge >= 0.3 is 0 Å². The summed E-state index contributed by atoms with van der Waals surface area (Å²) in [5.41, 5.74) is 4.15. The van der Waals surface area contributed by atoms with Crippen LogP contribution in [0.25, 0.3) is 0 Å². The highest BCUT2D eigenvalue weighted by atomic mass is 16.3. The molecule has 1 atom stereocenters. The van der Waals surface area contributed by atoms with Gasteiger partial charge in [-0.25, -0.2) is 0 Å². The minimum Gasteiger partial charge on any atom is -0.472 e. The third kappa shape index (κ3) is 3.35. The van der Waals surface area contributed by atoms with Gasteiger partial charge in [-0.15, -0.1) is 0 Å². The third-order valence-electron chi connectivity index (χ3n) is 3.70. The van der Waals surface area contributed by atoms with E-state index in [1.54, 1.807) is 12.5 Å². The van der Waals surface area contributed by atoms with Gasteiger partial charge in [-0.05, 0) is 36.8 Å². The predicted octanol–water partition coefficient (Wildman–Crippen LogP) is 2.62. The molecule has 0 bridgehead atoms. The van der Waals surface area contributed by atoms with Crippen LogP contribution in [0, 0.1) is 5.92 Å². The molecule has 0 aromatic carbocycles. The highest BCUT2D eigenvalue weighted by Gasteiger charge is 2.17. The van der Waals surface area contributed by atoms with E-state index < -0.39 is 0 Å². The van der Waals surface area contributed by atoms with Gasteiger partial charge in [0.05, 0.1) is 12.5 Å². The smallest absolute Gasteiger partial charge is 0.0935 e. The van der Waals surface area contributed by atoms with E-state index in [4.69, 9.17) is 10.3 Å². The van der Waals surface area contributed by atoms with Gasteiger partial charge in [-0.2, -0.15) is 0 Å². The van der Waals surface area contributed by atoms with Crippen LogP contribution in [0.3, 0.4) is 0 Å². The second-order valence-corrected chi connectivity index (χ2v) is 4.93. The summed E-state index contributed by atoms with van der Waals surface area (Å²) >= 11 is 0. The van der Waals surface area contributed by atoms with E-state index in [0.29, 0.717) is 6.04 Å². The molecule has 1 aromatic rings. The van der Waals surface area contributed by atoms with Crippen molar-refractivity contribution in [1.29, 1.82) is 0 Å². The molecule has 90 valence electrons. The maximum Gasteiger partial charge on any atom is 0.0935 e. The van der Waals surface area contributed by atoms with Crippen LogP contribution < -0.4 is 11.3 Å². The number of nitrogens with one attached hydrogen (secondary N) is 1. The fourth-order valence-corrected chi connectivity index (χ4v) is 2.67. The van der Waals surface area contributed by atoms with Gasteiger partial charge in [0.25, 0.3) is 0 Å². The molecule has 16 heavy (non-hydrogen) atoms. The second-order valence-electron chi connectivity index (χ2n) is 4.93. The van der Waals surface area contributed by atoms with Crippen molar-refractivity contribution in [2.75, 3.05) is 0 Å². The summed E-state index contributed by atoms with van der Waals surface area (Å²) in [5, 5.41) is 0. The van der Waals surface area contributed by atoms with Gasteiger partial charge in [0, 0.05) is 6.04 Å². The third-order valence-corrected chi connectivity index (χ3v) is 3.70. The van der Waals surface area contributed by atoms with Crippen molar-refractivity contribution in [3.8, 4) is 0 Å². The summed E-state index contributed by atoms with van der Waals surface area (Å²) in [5.74, 6) is 6.54. The summed E-state index contributed by atoms with van der Waals surface area (Å²) in [6, 6.07) is 2.40. The van der Waals surface area contributed by atoms with E-state index in [2.05, 4.69) is 5.43 Å². The quantitative estimate of drug-likeness (QED) is 0.574. The normalized spacial score (nSPS) is 19.1. The molecule has 3 nitrogen and oxygen atoms in total. The van der Waals surface area contributed by atoms with E-state index in [0.717, 1.165) is 12.3 Å². The summed E-state index contributed by atoms with van der Waals surface area (Å²) in [7, 11) is 0. The highest BCUT2D eigenvalue weighted by Crippen LogP contribution is 2.29. The first-order valence-electron chi connectivity index (χ1n) is 6.35. The van der Waals surface area contributed by atoms with Gasteiger partial charge < -0.3 is 4.42 Å². The Kier molecular flexibility index (Phi) is 4.43. The molecule has 0 radical (unpaired) electrons. The molecule has 1 aliphatic carbocycles. The molecule has 3 N–H and O–H groups in total. The fourth-order valence-electron chi connectivity index (χ4n) is 2.67. The largest absolute Gasteiger partial charge is 0.472 e. The number of rotatable bonds is 6. The molecule has 1 aliphatic rings. The standard InChI is InChI=1S/C13H22N2O/c14-15-13(9-12-7-8-16-10-12)6-5-11-3-1-2-4-11/h7-8,10-11,13,15H,1-6,9,14H2. The molecule has 1 heterocycles. The monoisotopic (exact) mass is 222 g/mol. The lowest BCUT2D eigenvalue weighted by atomic mass is 9.96. The SMILES string of the molecule is NNC(CCC1CCCC1)Cc1ccoc1. The Morgan fingerprint density at radius 3 is 2.88 bits per heavy atom. The first-order valence-corrected chi connectivity index (χ1v) is 6.35. The number of hydrogen-bond acceptors (Lipinski definition) is 3. The second kappa shape index (κ2) is 6.06. The minimum atomic E-state index is 0.387. The average molecular weight is 222 g/mol. The summed E-state index contributed by atoms with van der Waals surface area (Å²) in [6.45, 7) is 0. The summed E-state index contributed by atoms with van der Waals surface area (Å²) < 4.78 is 5.07. The van der Waals surface area contributed by atoms with Crippen LogP contribution in [-0.2, 0) is 6.42 Å². The van der Waals surface area contributed by atoms with Gasteiger partial charge in [-0.1, -0.05) is 25.7 Å². The van der Waals surface area contributed by atoms with Crippen molar-refractivity contribution in [3.05, 3.63) is 24.2 Å². The van der Waals surface area contributed by atoms with Crippen molar-refractivity contribution in [1.82, 2.24) is 5.43 Å². The van der Waals surface area contributed by atoms with E-state index in [9.17, 15) is 0 Å². The molecular weight excluding hydrogens is 200 g/mol. The van der Waals surface area contributed by atoms with Gasteiger partial charge in [0.2, 0.25) is 0 Å². The number of hydrazine groups is 1. The molecule has 1 fully saturated rings. The molecule has 0 aliphatic heterocycles. The number of hydrogen-bond donors (Lipinski definition) is 2. The van der Waals surface area contributed by atoms with Crippen LogP contribution in [-0.4, -0.2) is 6.04 Å². The maximum absolute atomic E-state index is 5.59. The molecule has 2 rings (SSSR count). The zero-order valence-electron chi connectivity index (χ0n) is 9.82. The van der Waals surface area contributed by atoms with Gasteiger partial charge in [0.1, 0.15) is 0 Å². The Hall–Kier alpha value is -0.800. The molecule has 1 unspecified atom stereocenters. The topological polar surface area (TPSA) is 51.2 Å². The highest BCUT2D eigenvalue weighted by molar-refractivity contribution is 5.07.